The molecule has 1 saturated heterocycles. The lowest BCUT2D eigenvalue weighted by molar-refractivity contribution is -0.146. The van der Waals surface area contributed by atoms with Crippen LogP contribution in [0.15, 0.2) is 0 Å². The van der Waals surface area contributed by atoms with E-state index in [9.17, 15) is 14.4 Å². The Morgan fingerprint density at radius 2 is 1.60 bits per heavy atom. The molecule has 5 nitrogen and oxygen atoms in total. The standard InChI is InChI=1S/C15H24N2O3/c1-9(18)10-13(2,3)7-15(8-14(10,4)5)11(19)17(6)12(20)16-15/h10H,7-8H2,1-6H3,(H,16,20). The van der Waals surface area contributed by atoms with Crippen LogP contribution in [-0.2, 0) is 9.59 Å². The summed E-state index contributed by atoms with van der Waals surface area (Å²) in [5.41, 5.74) is -1.52. The molecule has 1 spiro atoms. The first-order valence-electron chi connectivity index (χ1n) is 7.04. The second-order valence-corrected chi connectivity index (χ2v) is 7.75. The minimum absolute atomic E-state index is 0.115. The van der Waals surface area contributed by atoms with Crippen LogP contribution in [-0.4, -0.2) is 35.2 Å². The molecular formula is C15H24N2O3. The first-order chi connectivity index (χ1) is 8.93. The number of urea groups is 1. The molecule has 2 aliphatic rings. The molecule has 0 aromatic rings. The van der Waals surface area contributed by atoms with Gasteiger partial charge in [-0.15, -0.1) is 0 Å². The Morgan fingerprint density at radius 1 is 1.15 bits per heavy atom. The van der Waals surface area contributed by atoms with Gasteiger partial charge in [-0.25, -0.2) is 4.79 Å². The molecule has 2 fully saturated rings. The number of amides is 3. The van der Waals surface area contributed by atoms with Gasteiger partial charge in [-0.05, 0) is 30.6 Å². The van der Waals surface area contributed by atoms with Gasteiger partial charge in [0.05, 0.1) is 0 Å². The van der Waals surface area contributed by atoms with E-state index >= 15 is 0 Å². The Balaban J connectivity index is 2.47. The second-order valence-electron chi connectivity index (χ2n) is 7.75. The third kappa shape index (κ3) is 1.95. The minimum Gasteiger partial charge on any atom is -0.323 e. The van der Waals surface area contributed by atoms with Gasteiger partial charge in [-0.1, -0.05) is 27.7 Å². The smallest absolute Gasteiger partial charge is 0.323 e. The number of carbonyl (C=O) groups excluding carboxylic acids is 3. The van der Waals surface area contributed by atoms with Gasteiger partial charge < -0.3 is 5.32 Å². The monoisotopic (exact) mass is 280 g/mol. The Bertz CT molecular complexity index is 475. The van der Waals surface area contributed by atoms with Crippen LogP contribution >= 0.6 is 0 Å². The van der Waals surface area contributed by atoms with Gasteiger partial charge in [-0.2, -0.15) is 0 Å². The van der Waals surface area contributed by atoms with Crippen molar-refractivity contribution in [3.05, 3.63) is 0 Å². The van der Waals surface area contributed by atoms with Crippen molar-refractivity contribution in [2.24, 2.45) is 16.7 Å². The summed E-state index contributed by atoms with van der Waals surface area (Å²) in [4.78, 5) is 37.5. The molecule has 112 valence electrons. The van der Waals surface area contributed by atoms with Gasteiger partial charge in [0.1, 0.15) is 11.3 Å². The number of hydrogen-bond acceptors (Lipinski definition) is 3. The highest BCUT2D eigenvalue weighted by molar-refractivity contribution is 6.07. The van der Waals surface area contributed by atoms with Crippen LogP contribution in [0, 0.1) is 16.7 Å². The third-order valence-corrected chi connectivity index (χ3v) is 4.85. The number of imide groups is 1. The van der Waals surface area contributed by atoms with Gasteiger partial charge in [0.2, 0.25) is 0 Å². The van der Waals surface area contributed by atoms with E-state index in [2.05, 4.69) is 5.32 Å². The molecule has 1 heterocycles. The lowest BCUT2D eigenvalue weighted by Crippen LogP contribution is -2.61. The lowest BCUT2D eigenvalue weighted by atomic mass is 9.51. The normalized spacial score (nSPS) is 27.8. The molecule has 0 atom stereocenters. The highest BCUT2D eigenvalue weighted by Crippen LogP contribution is 2.55. The zero-order valence-electron chi connectivity index (χ0n) is 13.2. The van der Waals surface area contributed by atoms with Crippen LogP contribution in [0.2, 0.25) is 0 Å². The molecule has 1 N–H and O–H groups in total. The zero-order valence-corrected chi connectivity index (χ0v) is 13.2. The lowest BCUT2D eigenvalue weighted by Gasteiger charge is -2.54. The molecule has 1 saturated carbocycles. The Hall–Kier alpha value is -1.39. The van der Waals surface area contributed by atoms with E-state index in [1.807, 2.05) is 27.7 Å². The molecular weight excluding hydrogens is 256 g/mol. The molecule has 1 aliphatic carbocycles. The Labute approximate surface area is 120 Å². The fraction of sp³-hybridized carbons (Fsp3) is 0.800. The third-order valence-electron chi connectivity index (χ3n) is 4.85. The number of nitrogens with one attached hydrogen (secondary N) is 1. The average Bonchev–Trinajstić information content (AvgIpc) is 2.38. The van der Waals surface area contributed by atoms with Crippen molar-refractivity contribution >= 4 is 17.7 Å². The molecule has 0 aromatic carbocycles. The molecule has 2 rings (SSSR count). The van der Waals surface area contributed by atoms with E-state index in [1.165, 1.54) is 7.05 Å². The topological polar surface area (TPSA) is 66.5 Å². The zero-order chi connectivity index (χ0) is 15.5. The Kier molecular flexibility index (Phi) is 3.04. The molecule has 0 radical (unpaired) electrons. The van der Waals surface area contributed by atoms with Crippen molar-refractivity contribution in [2.75, 3.05) is 7.05 Å². The van der Waals surface area contributed by atoms with Gasteiger partial charge in [0.15, 0.2) is 0 Å². The largest absolute Gasteiger partial charge is 0.324 e. The Morgan fingerprint density at radius 3 is 1.90 bits per heavy atom. The van der Waals surface area contributed by atoms with Crippen LogP contribution in [0.25, 0.3) is 0 Å². The van der Waals surface area contributed by atoms with E-state index in [0.717, 1.165) is 4.90 Å². The molecule has 0 aromatic heterocycles. The van der Waals surface area contributed by atoms with Crippen molar-refractivity contribution in [3.8, 4) is 0 Å². The van der Waals surface area contributed by atoms with Crippen LogP contribution in [0.4, 0.5) is 4.79 Å². The first-order valence-corrected chi connectivity index (χ1v) is 7.04. The van der Waals surface area contributed by atoms with Gasteiger partial charge >= 0.3 is 6.03 Å². The summed E-state index contributed by atoms with van der Waals surface area (Å²) in [6.07, 6.45) is 1.01. The summed E-state index contributed by atoms with van der Waals surface area (Å²) in [7, 11) is 1.50. The molecule has 20 heavy (non-hydrogen) atoms. The first kappa shape index (κ1) is 15.0. The molecule has 3 amide bonds. The SMILES string of the molecule is CC(=O)C1C(C)(C)CC2(CC1(C)C)NC(=O)N(C)C2=O. The number of Topliss-reactive ketones (excluding diaryl/α,β-unsaturated/α-hetero) is 1. The fourth-order valence-corrected chi connectivity index (χ4v) is 4.98. The number of ketones is 1. The number of likely N-dealkylation sites (N-methyl/N-ethyl adjacent to an activating group) is 1. The van der Waals surface area contributed by atoms with E-state index in [0.29, 0.717) is 12.8 Å². The molecule has 0 bridgehead atoms. The van der Waals surface area contributed by atoms with Crippen molar-refractivity contribution in [3.63, 3.8) is 0 Å². The molecule has 5 heteroatoms. The van der Waals surface area contributed by atoms with Gasteiger partial charge in [0.25, 0.3) is 5.91 Å². The average molecular weight is 280 g/mol. The predicted molar refractivity (Wildman–Crippen MR) is 75.0 cm³/mol. The van der Waals surface area contributed by atoms with Crippen LogP contribution in [0.3, 0.4) is 0 Å². The van der Waals surface area contributed by atoms with Crippen molar-refractivity contribution in [1.82, 2.24) is 10.2 Å². The highest BCUT2D eigenvalue weighted by Gasteiger charge is 2.62. The van der Waals surface area contributed by atoms with Crippen LogP contribution in [0.5, 0.6) is 0 Å². The minimum atomic E-state index is -0.856. The van der Waals surface area contributed by atoms with Crippen molar-refractivity contribution < 1.29 is 14.4 Å². The molecule has 1 aliphatic heterocycles. The summed E-state index contributed by atoms with van der Waals surface area (Å²) in [6.45, 7) is 9.67. The highest BCUT2D eigenvalue weighted by atomic mass is 16.2. The summed E-state index contributed by atoms with van der Waals surface area (Å²) >= 11 is 0. The summed E-state index contributed by atoms with van der Waals surface area (Å²) in [5.74, 6) is -0.137. The van der Waals surface area contributed by atoms with E-state index in [4.69, 9.17) is 0 Å². The summed E-state index contributed by atoms with van der Waals surface area (Å²) in [6, 6.07) is -0.345. The maximum atomic E-state index is 12.5. The quantitative estimate of drug-likeness (QED) is 0.747. The number of rotatable bonds is 1. The molecule has 0 unspecified atom stereocenters. The summed E-state index contributed by atoms with van der Waals surface area (Å²) in [5, 5.41) is 2.87. The second kappa shape index (κ2) is 4.06. The maximum absolute atomic E-state index is 12.5. The van der Waals surface area contributed by atoms with E-state index in [1.54, 1.807) is 6.92 Å². The number of carbonyl (C=O) groups is 3. The van der Waals surface area contributed by atoms with Crippen LogP contribution in [0.1, 0.15) is 47.5 Å². The van der Waals surface area contributed by atoms with Gasteiger partial charge in [-0.3, -0.25) is 14.5 Å². The van der Waals surface area contributed by atoms with E-state index in [-0.39, 0.29) is 34.5 Å². The van der Waals surface area contributed by atoms with Gasteiger partial charge in [0, 0.05) is 13.0 Å². The fourth-order valence-electron chi connectivity index (χ4n) is 4.98. The van der Waals surface area contributed by atoms with Crippen molar-refractivity contribution in [2.45, 2.75) is 53.0 Å². The number of nitrogens with zero attached hydrogens (tertiary/aromatic N) is 1. The predicted octanol–water partition coefficient (Wildman–Crippen LogP) is 1.96. The van der Waals surface area contributed by atoms with Crippen LogP contribution < -0.4 is 5.32 Å². The van der Waals surface area contributed by atoms with Crippen molar-refractivity contribution in [1.29, 1.82) is 0 Å². The maximum Gasteiger partial charge on any atom is 0.324 e. The number of hydrogen-bond donors (Lipinski definition) is 1. The van der Waals surface area contributed by atoms with E-state index < -0.39 is 5.54 Å². The summed E-state index contributed by atoms with van der Waals surface area (Å²) < 4.78 is 0.